The van der Waals surface area contributed by atoms with Crippen LogP contribution in [0.25, 0.3) is 0 Å². The second-order valence-electron chi connectivity index (χ2n) is 9.41. The Morgan fingerprint density at radius 1 is 1.07 bits per heavy atom. The maximum absolute atomic E-state index is 13.0. The van der Waals surface area contributed by atoms with E-state index >= 15 is 0 Å². The number of carbonyl (C=O) groups is 2. The SMILES string of the molecule is CC(C)(C)C(=O)N(Cc1nc(C(=O)NC2CCCCC2)co1)C1CCCCC1. The van der Waals surface area contributed by atoms with Gasteiger partial charge in [-0.1, -0.05) is 59.3 Å². The van der Waals surface area contributed by atoms with Gasteiger partial charge in [-0.3, -0.25) is 9.59 Å². The molecule has 2 amide bonds. The van der Waals surface area contributed by atoms with Crippen molar-refractivity contribution >= 4 is 11.8 Å². The summed E-state index contributed by atoms with van der Waals surface area (Å²) in [7, 11) is 0. The molecular weight excluding hydrogens is 354 g/mol. The van der Waals surface area contributed by atoms with Gasteiger partial charge in [0.25, 0.3) is 5.91 Å². The highest BCUT2D eigenvalue weighted by Gasteiger charge is 2.33. The summed E-state index contributed by atoms with van der Waals surface area (Å²) in [4.78, 5) is 31.9. The van der Waals surface area contributed by atoms with Crippen molar-refractivity contribution in [2.24, 2.45) is 5.41 Å². The fraction of sp³-hybridized carbons (Fsp3) is 0.773. The molecule has 156 valence electrons. The molecule has 2 aliphatic rings. The highest BCUT2D eigenvalue weighted by molar-refractivity contribution is 5.92. The molecule has 0 atom stereocenters. The third kappa shape index (κ3) is 5.36. The van der Waals surface area contributed by atoms with Crippen LogP contribution in [0, 0.1) is 5.41 Å². The van der Waals surface area contributed by atoms with Gasteiger partial charge in [-0.15, -0.1) is 0 Å². The quantitative estimate of drug-likeness (QED) is 0.807. The van der Waals surface area contributed by atoms with Crippen molar-refractivity contribution in [3.8, 4) is 0 Å². The van der Waals surface area contributed by atoms with Crippen LogP contribution in [0.3, 0.4) is 0 Å². The molecule has 0 aliphatic heterocycles. The minimum Gasteiger partial charge on any atom is -0.446 e. The number of hydrogen-bond acceptors (Lipinski definition) is 4. The van der Waals surface area contributed by atoms with Gasteiger partial charge in [0.1, 0.15) is 6.26 Å². The Hall–Kier alpha value is -1.85. The molecule has 2 aliphatic carbocycles. The molecule has 0 aromatic carbocycles. The Kier molecular flexibility index (Phi) is 6.78. The van der Waals surface area contributed by atoms with Crippen molar-refractivity contribution in [1.82, 2.24) is 15.2 Å². The summed E-state index contributed by atoms with van der Waals surface area (Å²) in [5.41, 5.74) is -0.141. The largest absolute Gasteiger partial charge is 0.446 e. The lowest BCUT2D eigenvalue weighted by Crippen LogP contribution is -2.46. The molecule has 0 radical (unpaired) electrons. The number of nitrogens with one attached hydrogen (secondary N) is 1. The minimum absolute atomic E-state index is 0.116. The zero-order valence-electron chi connectivity index (χ0n) is 17.6. The van der Waals surface area contributed by atoms with Crippen LogP contribution >= 0.6 is 0 Å². The maximum Gasteiger partial charge on any atom is 0.273 e. The molecule has 3 rings (SSSR count). The number of amides is 2. The predicted molar refractivity (Wildman–Crippen MR) is 108 cm³/mol. The Bertz CT molecular complexity index is 665. The molecule has 1 aromatic heterocycles. The van der Waals surface area contributed by atoms with E-state index in [2.05, 4.69) is 10.3 Å². The number of hydrogen-bond donors (Lipinski definition) is 1. The lowest BCUT2D eigenvalue weighted by atomic mass is 9.89. The maximum atomic E-state index is 13.0. The third-order valence-electron chi connectivity index (χ3n) is 5.95. The Morgan fingerprint density at radius 2 is 1.68 bits per heavy atom. The van der Waals surface area contributed by atoms with Crippen molar-refractivity contribution in [3.63, 3.8) is 0 Å². The van der Waals surface area contributed by atoms with Gasteiger partial charge in [0.05, 0.1) is 6.54 Å². The summed E-state index contributed by atoms with van der Waals surface area (Å²) < 4.78 is 5.59. The third-order valence-corrected chi connectivity index (χ3v) is 5.95. The molecule has 2 fully saturated rings. The lowest BCUT2D eigenvalue weighted by Gasteiger charge is -2.37. The molecular formula is C22H35N3O3. The summed E-state index contributed by atoms with van der Waals surface area (Å²) in [6.45, 7) is 6.18. The molecule has 6 heteroatoms. The van der Waals surface area contributed by atoms with Crippen LogP contribution in [0.15, 0.2) is 10.7 Å². The Balaban J connectivity index is 1.67. The van der Waals surface area contributed by atoms with Crippen LogP contribution in [-0.4, -0.2) is 33.8 Å². The molecule has 1 heterocycles. The van der Waals surface area contributed by atoms with Crippen molar-refractivity contribution in [2.45, 2.75) is 104 Å². The summed E-state index contributed by atoms with van der Waals surface area (Å²) in [6.07, 6.45) is 12.7. The number of aromatic nitrogens is 1. The second kappa shape index (κ2) is 9.10. The van der Waals surface area contributed by atoms with Crippen molar-refractivity contribution < 1.29 is 14.0 Å². The molecule has 0 spiro atoms. The number of rotatable bonds is 5. The zero-order chi connectivity index (χ0) is 20.1. The molecule has 1 aromatic rings. The molecule has 2 saturated carbocycles. The van der Waals surface area contributed by atoms with Crippen molar-refractivity contribution in [1.29, 1.82) is 0 Å². The Morgan fingerprint density at radius 3 is 2.29 bits per heavy atom. The number of carbonyl (C=O) groups excluding carboxylic acids is 2. The van der Waals surface area contributed by atoms with E-state index in [1.165, 1.54) is 31.9 Å². The van der Waals surface area contributed by atoms with Gasteiger partial charge in [-0.25, -0.2) is 4.98 Å². The standard InChI is InChI=1S/C22H35N3O3/c1-22(2,3)21(27)25(17-12-8-5-9-13-17)14-19-24-18(15-28-19)20(26)23-16-10-6-4-7-11-16/h15-17H,4-14H2,1-3H3,(H,23,26). The highest BCUT2D eigenvalue weighted by atomic mass is 16.3. The summed E-state index contributed by atoms with van der Waals surface area (Å²) in [6, 6.07) is 0.467. The van der Waals surface area contributed by atoms with Gasteiger partial charge in [0.2, 0.25) is 11.8 Å². The second-order valence-corrected chi connectivity index (χ2v) is 9.41. The van der Waals surface area contributed by atoms with Gasteiger partial charge in [-0.2, -0.15) is 0 Å². The molecule has 0 saturated heterocycles. The van der Waals surface area contributed by atoms with Crippen LogP contribution in [0.4, 0.5) is 0 Å². The minimum atomic E-state index is -0.453. The number of oxazole rings is 1. The topological polar surface area (TPSA) is 75.4 Å². The van der Waals surface area contributed by atoms with Crippen LogP contribution < -0.4 is 5.32 Å². The van der Waals surface area contributed by atoms with Crippen LogP contribution in [-0.2, 0) is 11.3 Å². The first-order valence-corrected chi connectivity index (χ1v) is 10.9. The van der Waals surface area contributed by atoms with E-state index in [4.69, 9.17) is 4.42 Å². The fourth-order valence-electron chi connectivity index (χ4n) is 4.33. The summed E-state index contributed by atoms with van der Waals surface area (Å²) >= 11 is 0. The van der Waals surface area contributed by atoms with Crippen LogP contribution in [0.2, 0.25) is 0 Å². The van der Waals surface area contributed by atoms with E-state index in [0.717, 1.165) is 38.5 Å². The van der Waals surface area contributed by atoms with Gasteiger partial charge >= 0.3 is 0 Å². The van der Waals surface area contributed by atoms with Crippen LogP contribution in [0.5, 0.6) is 0 Å². The highest BCUT2D eigenvalue weighted by Crippen LogP contribution is 2.28. The predicted octanol–water partition coefficient (Wildman–Crippen LogP) is 4.44. The van der Waals surface area contributed by atoms with E-state index < -0.39 is 5.41 Å². The average molecular weight is 390 g/mol. The summed E-state index contributed by atoms with van der Waals surface area (Å²) in [5, 5.41) is 3.07. The van der Waals surface area contributed by atoms with Gasteiger partial charge in [0, 0.05) is 17.5 Å². The molecule has 1 N–H and O–H groups in total. The average Bonchev–Trinajstić information content (AvgIpc) is 3.15. The first-order valence-electron chi connectivity index (χ1n) is 10.9. The molecule has 0 unspecified atom stereocenters. The van der Waals surface area contributed by atoms with Gasteiger partial charge in [0.15, 0.2) is 5.69 Å². The van der Waals surface area contributed by atoms with E-state index in [1.807, 2.05) is 25.7 Å². The van der Waals surface area contributed by atoms with Crippen molar-refractivity contribution in [2.75, 3.05) is 0 Å². The van der Waals surface area contributed by atoms with E-state index in [-0.39, 0.29) is 23.9 Å². The normalized spacial score (nSPS) is 19.4. The van der Waals surface area contributed by atoms with Gasteiger partial charge < -0.3 is 14.6 Å². The monoisotopic (exact) mass is 389 g/mol. The number of nitrogens with zero attached hydrogens (tertiary/aromatic N) is 2. The van der Waals surface area contributed by atoms with Crippen LogP contribution in [0.1, 0.15) is 101 Å². The van der Waals surface area contributed by atoms with E-state index in [0.29, 0.717) is 18.1 Å². The zero-order valence-corrected chi connectivity index (χ0v) is 17.6. The van der Waals surface area contributed by atoms with Crippen molar-refractivity contribution in [3.05, 3.63) is 17.8 Å². The van der Waals surface area contributed by atoms with Gasteiger partial charge in [-0.05, 0) is 25.7 Å². The molecule has 6 nitrogen and oxygen atoms in total. The van der Waals surface area contributed by atoms with E-state index in [1.54, 1.807) is 0 Å². The first-order chi connectivity index (χ1) is 13.3. The summed E-state index contributed by atoms with van der Waals surface area (Å²) in [5.74, 6) is 0.385. The molecule has 0 bridgehead atoms. The lowest BCUT2D eigenvalue weighted by molar-refractivity contribution is -0.143. The van der Waals surface area contributed by atoms with E-state index in [9.17, 15) is 9.59 Å². The smallest absolute Gasteiger partial charge is 0.273 e. The molecule has 28 heavy (non-hydrogen) atoms. The Labute approximate surface area is 168 Å². The first kappa shape index (κ1) is 20.9. The fourth-order valence-corrected chi connectivity index (χ4v) is 4.33.